The standard InChI is InChI=1S/C20H18N2O4S/c21-18-13-17(27(24,25)16-9-5-2-6-10-16)11-12-19(18)26-14-20(23)22-15-7-3-1-4-8-15/h1-13H,14,21H2,(H,22,23). The van der Waals surface area contributed by atoms with Gasteiger partial charge in [-0.25, -0.2) is 8.42 Å². The lowest BCUT2D eigenvalue weighted by Gasteiger charge is -2.11. The summed E-state index contributed by atoms with van der Waals surface area (Å²) in [5.74, 6) is -0.105. The number of nitrogens with two attached hydrogens (primary N) is 1. The second kappa shape index (κ2) is 7.92. The summed E-state index contributed by atoms with van der Waals surface area (Å²) >= 11 is 0. The van der Waals surface area contributed by atoms with Crippen LogP contribution < -0.4 is 15.8 Å². The molecule has 0 fully saturated rings. The predicted octanol–water partition coefficient (Wildman–Crippen LogP) is 3.12. The monoisotopic (exact) mass is 382 g/mol. The predicted molar refractivity (Wildman–Crippen MR) is 103 cm³/mol. The van der Waals surface area contributed by atoms with Crippen molar-refractivity contribution in [1.29, 1.82) is 0 Å². The first kappa shape index (κ1) is 18.5. The minimum absolute atomic E-state index is 0.0623. The summed E-state index contributed by atoms with van der Waals surface area (Å²) in [6.07, 6.45) is 0. The molecule has 0 radical (unpaired) electrons. The van der Waals surface area contributed by atoms with E-state index < -0.39 is 9.84 Å². The van der Waals surface area contributed by atoms with Gasteiger partial charge in [-0.1, -0.05) is 36.4 Å². The van der Waals surface area contributed by atoms with E-state index in [0.29, 0.717) is 5.69 Å². The first-order valence-electron chi connectivity index (χ1n) is 8.14. The normalized spacial score (nSPS) is 11.0. The van der Waals surface area contributed by atoms with Crippen LogP contribution in [0.15, 0.2) is 88.7 Å². The molecular weight excluding hydrogens is 364 g/mol. The molecule has 0 aliphatic carbocycles. The van der Waals surface area contributed by atoms with Gasteiger partial charge in [0.1, 0.15) is 5.75 Å². The Morgan fingerprint density at radius 2 is 1.52 bits per heavy atom. The van der Waals surface area contributed by atoms with Crippen LogP contribution in [0.1, 0.15) is 0 Å². The lowest BCUT2D eigenvalue weighted by Crippen LogP contribution is -2.20. The lowest BCUT2D eigenvalue weighted by molar-refractivity contribution is -0.118. The van der Waals surface area contributed by atoms with Crippen LogP contribution in [0.2, 0.25) is 0 Å². The molecule has 3 aromatic carbocycles. The topological polar surface area (TPSA) is 98.5 Å². The highest BCUT2D eigenvalue weighted by Gasteiger charge is 2.18. The number of amides is 1. The van der Waals surface area contributed by atoms with E-state index in [1.807, 2.05) is 6.07 Å². The van der Waals surface area contributed by atoms with E-state index in [-0.39, 0.29) is 33.7 Å². The number of nitrogen functional groups attached to an aromatic ring is 1. The molecule has 0 saturated carbocycles. The third-order valence-electron chi connectivity index (χ3n) is 3.76. The average Bonchev–Trinajstić information content (AvgIpc) is 2.68. The third-order valence-corrected chi connectivity index (χ3v) is 5.53. The SMILES string of the molecule is Nc1cc(S(=O)(=O)c2ccccc2)ccc1OCC(=O)Nc1ccccc1. The molecule has 0 unspecified atom stereocenters. The molecule has 0 bridgehead atoms. The number of nitrogens with one attached hydrogen (secondary N) is 1. The van der Waals surface area contributed by atoms with Gasteiger partial charge in [0, 0.05) is 5.69 Å². The number of anilines is 2. The maximum atomic E-state index is 12.6. The van der Waals surface area contributed by atoms with Crippen molar-refractivity contribution < 1.29 is 17.9 Å². The smallest absolute Gasteiger partial charge is 0.262 e. The number of hydrogen-bond acceptors (Lipinski definition) is 5. The zero-order valence-corrected chi connectivity index (χ0v) is 15.1. The van der Waals surface area contributed by atoms with Crippen molar-refractivity contribution in [3.05, 3.63) is 78.9 Å². The summed E-state index contributed by atoms with van der Waals surface area (Å²) in [6.45, 7) is -0.246. The lowest BCUT2D eigenvalue weighted by atomic mass is 10.3. The second-order valence-corrected chi connectivity index (χ2v) is 7.67. The molecule has 3 rings (SSSR count). The van der Waals surface area contributed by atoms with E-state index in [4.69, 9.17) is 10.5 Å². The van der Waals surface area contributed by atoms with Gasteiger partial charge in [-0.15, -0.1) is 0 Å². The largest absolute Gasteiger partial charge is 0.482 e. The Bertz CT molecular complexity index is 1040. The van der Waals surface area contributed by atoms with E-state index in [9.17, 15) is 13.2 Å². The molecular formula is C20H18N2O4S. The van der Waals surface area contributed by atoms with Gasteiger partial charge < -0.3 is 15.8 Å². The zero-order chi connectivity index (χ0) is 19.3. The highest BCUT2D eigenvalue weighted by molar-refractivity contribution is 7.91. The summed E-state index contributed by atoms with van der Waals surface area (Å²) in [5.41, 5.74) is 6.71. The molecule has 0 aliphatic rings. The summed E-state index contributed by atoms with van der Waals surface area (Å²) in [5, 5.41) is 2.69. The number of rotatable bonds is 6. The van der Waals surface area contributed by atoms with Crippen LogP contribution in [0.5, 0.6) is 5.75 Å². The van der Waals surface area contributed by atoms with Gasteiger partial charge in [0.25, 0.3) is 5.91 Å². The molecule has 7 heteroatoms. The Hall–Kier alpha value is -3.32. The summed E-state index contributed by atoms with van der Waals surface area (Å²) in [4.78, 5) is 12.2. The number of para-hydroxylation sites is 1. The molecule has 27 heavy (non-hydrogen) atoms. The molecule has 1 amide bonds. The van der Waals surface area contributed by atoms with E-state index in [1.54, 1.807) is 42.5 Å². The van der Waals surface area contributed by atoms with Gasteiger partial charge >= 0.3 is 0 Å². The van der Waals surface area contributed by atoms with E-state index >= 15 is 0 Å². The van der Waals surface area contributed by atoms with Gasteiger partial charge in [-0.2, -0.15) is 0 Å². The van der Waals surface area contributed by atoms with Crippen molar-refractivity contribution in [2.45, 2.75) is 9.79 Å². The highest BCUT2D eigenvalue weighted by Crippen LogP contribution is 2.28. The molecule has 3 N–H and O–H groups in total. The maximum absolute atomic E-state index is 12.6. The van der Waals surface area contributed by atoms with Gasteiger partial charge in [0.05, 0.1) is 15.5 Å². The fourth-order valence-corrected chi connectivity index (χ4v) is 3.74. The van der Waals surface area contributed by atoms with Crippen LogP contribution in [0.25, 0.3) is 0 Å². The summed E-state index contributed by atoms with van der Waals surface area (Å²) in [7, 11) is -3.67. The van der Waals surface area contributed by atoms with Crippen molar-refractivity contribution >= 4 is 27.1 Å². The van der Waals surface area contributed by atoms with Crippen LogP contribution in [-0.2, 0) is 14.6 Å². The Balaban J connectivity index is 1.69. The van der Waals surface area contributed by atoms with Crippen molar-refractivity contribution in [2.24, 2.45) is 0 Å². The fourth-order valence-electron chi connectivity index (χ4n) is 2.42. The first-order chi connectivity index (χ1) is 13.0. The van der Waals surface area contributed by atoms with E-state index in [1.165, 1.54) is 30.3 Å². The number of sulfone groups is 1. The maximum Gasteiger partial charge on any atom is 0.262 e. The minimum Gasteiger partial charge on any atom is -0.482 e. The summed E-state index contributed by atoms with van der Waals surface area (Å²) < 4.78 is 30.6. The van der Waals surface area contributed by atoms with Crippen LogP contribution >= 0.6 is 0 Å². The Kier molecular flexibility index (Phi) is 5.42. The Morgan fingerprint density at radius 3 is 2.15 bits per heavy atom. The minimum atomic E-state index is -3.67. The van der Waals surface area contributed by atoms with E-state index in [2.05, 4.69) is 5.32 Å². The highest BCUT2D eigenvalue weighted by atomic mass is 32.2. The molecule has 0 aromatic heterocycles. The quantitative estimate of drug-likeness (QED) is 0.638. The van der Waals surface area contributed by atoms with Gasteiger partial charge in [-0.3, -0.25) is 4.79 Å². The number of carbonyl (C=O) groups is 1. The number of carbonyl (C=O) groups excluding carboxylic acids is 1. The zero-order valence-electron chi connectivity index (χ0n) is 14.3. The average molecular weight is 382 g/mol. The number of benzene rings is 3. The van der Waals surface area contributed by atoms with Crippen LogP contribution in [0, 0.1) is 0 Å². The Morgan fingerprint density at radius 1 is 0.889 bits per heavy atom. The molecule has 0 saturated heterocycles. The number of ether oxygens (including phenoxy) is 1. The van der Waals surface area contributed by atoms with E-state index in [0.717, 1.165) is 0 Å². The van der Waals surface area contributed by atoms with Crippen LogP contribution in [0.3, 0.4) is 0 Å². The fraction of sp³-hybridized carbons (Fsp3) is 0.0500. The van der Waals surface area contributed by atoms with Crippen molar-refractivity contribution in [1.82, 2.24) is 0 Å². The summed E-state index contributed by atoms with van der Waals surface area (Å²) in [6, 6.07) is 21.2. The van der Waals surface area contributed by atoms with Gasteiger partial charge in [0.15, 0.2) is 6.61 Å². The molecule has 138 valence electrons. The van der Waals surface area contributed by atoms with Crippen LogP contribution in [0.4, 0.5) is 11.4 Å². The van der Waals surface area contributed by atoms with Crippen molar-refractivity contribution in [3.63, 3.8) is 0 Å². The molecule has 0 atom stereocenters. The molecule has 0 aliphatic heterocycles. The van der Waals surface area contributed by atoms with Crippen molar-refractivity contribution in [3.8, 4) is 5.75 Å². The first-order valence-corrected chi connectivity index (χ1v) is 9.62. The number of hydrogen-bond donors (Lipinski definition) is 2. The second-order valence-electron chi connectivity index (χ2n) is 5.72. The van der Waals surface area contributed by atoms with Gasteiger partial charge in [-0.05, 0) is 42.5 Å². The third kappa shape index (κ3) is 4.45. The Labute approximate surface area is 157 Å². The van der Waals surface area contributed by atoms with Crippen molar-refractivity contribution in [2.75, 3.05) is 17.7 Å². The molecule has 6 nitrogen and oxygen atoms in total. The molecule has 3 aromatic rings. The molecule has 0 heterocycles. The van der Waals surface area contributed by atoms with Gasteiger partial charge in [0.2, 0.25) is 9.84 Å². The van der Waals surface area contributed by atoms with Crippen LogP contribution in [-0.4, -0.2) is 20.9 Å². The molecule has 0 spiro atoms.